The van der Waals surface area contributed by atoms with Crippen LogP contribution in [0.25, 0.3) is 0 Å². The summed E-state index contributed by atoms with van der Waals surface area (Å²) < 4.78 is 31.9. The fourth-order valence-corrected chi connectivity index (χ4v) is 2.93. The summed E-state index contributed by atoms with van der Waals surface area (Å²) in [5, 5.41) is 0. The zero-order chi connectivity index (χ0) is 17.8. The fraction of sp³-hybridized carbons (Fsp3) is 0.316. The molecule has 1 saturated heterocycles. The molecule has 1 aliphatic rings. The Labute approximate surface area is 145 Å². The first-order valence-corrected chi connectivity index (χ1v) is 8.16. The van der Waals surface area contributed by atoms with E-state index in [0.717, 1.165) is 24.4 Å². The van der Waals surface area contributed by atoms with Gasteiger partial charge < -0.3 is 9.64 Å². The number of piperazine rings is 1. The monoisotopic (exact) mass is 346 g/mol. The van der Waals surface area contributed by atoms with Crippen LogP contribution in [0.3, 0.4) is 0 Å². The second-order valence-corrected chi connectivity index (χ2v) is 6.04. The van der Waals surface area contributed by atoms with Gasteiger partial charge in [0.05, 0.1) is 12.7 Å². The largest absolute Gasteiger partial charge is 0.497 e. The Balaban J connectivity index is 1.56. The third-order valence-corrected chi connectivity index (χ3v) is 4.39. The highest BCUT2D eigenvalue weighted by Gasteiger charge is 2.24. The molecule has 132 valence electrons. The van der Waals surface area contributed by atoms with E-state index in [0.29, 0.717) is 26.2 Å². The smallest absolute Gasteiger partial charge is 0.256 e. The molecule has 0 saturated carbocycles. The summed E-state index contributed by atoms with van der Waals surface area (Å²) in [6.45, 7) is 3.25. The van der Waals surface area contributed by atoms with E-state index in [4.69, 9.17) is 4.74 Å². The predicted octanol–water partition coefficient (Wildman–Crippen LogP) is 2.93. The van der Waals surface area contributed by atoms with Gasteiger partial charge in [0.15, 0.2) is 0 Å². The average Bonchev–Trinajstić information content (AvgIpc) is 2.62. The molecule has 3 rings (SSSR count). The van der Waals surface area contributed by atoms with Crippen molar-refractivity contribution in [3.05, 3.63) is 65.2 Å². The van der Waals surface area contributed by atoms with Gasteiger partial charge in [0.25, 0.3) is 5.91 Å². The zero-order valence-corrected chi connectivity index (χ0v) is 14.0. The summed E-state index contributed by atoms with van der Waals surface area (Å²) in [5.74, 6) is -1.06. The average molecular weight is 346 g/mol. The van der Waals surface area contributed by atoms with Gasteiger partial charge in [-0.05, 0) is 29.8 Å². The summed E-state index contributed by atoms with van der Waals surface area (Å²) in [5.41, 5.74) is 1.09. The second-order valence-electron chi connectivity index (χ2n) is 6.04. The van der Waals surface area contributed by atoms with E-state index in [1.165, 1.54) is 11.6 Å². The number of methoxy groups -OCH3 is 1. The van der Waals surface area contributed by atoms with Gasteiger partial charge in [-0.2, -0.15) is 0 Å². The quantitative estimate of drug-likeness (QED) is 0.853. The Kier molecular flexibility index (Phi) is 5.28. The van der Waals surface area contributed by atoms with Crippen molar-refractivity contribution >= 4 is 5.91 Å². The van der Waals surface area contributed by atoms with Crippen molar-refractivity contribution in [2.75, 3.05) is 33.3 Å². The molecule has 2 aromatic rings. The van der Waals surface area contributed by atoms with Crippen LogP contribution in [0.15, 0.2) is 42.5 Å². The van der Waals surface area contributed by atoms with E-state index < -0.39 is 11.6 Å². The lowest BCUT2D eigenvalue weighted by Crippen LogP contribution is -2.48. The summed E-state index contributed by atoms with van der Waals surface area (Å²) in [6, 6.07) is 10.9. The number of nitrogens with zero attached hydrogens (tertiary/aromatic N) is 2. The summed E-state index contributed by atoms with van der Waals surface area (Å²) in [6.07, 6.45) is 0. The van der Waals surface area contributed by atoms with Gasteiger partial charge in [-0.25, -0.2) is 8.78 Å². The van der Waals surface area contributed by atoms with Crippen molar-refractivity contribution < 1.29 is 18.3 Å². The molecule has 0 spiro atoms. The van der Waals surface area contributed by atoms with Crippen molar-refractivity contribution in [2.24, 2.45) is 0 Å². The van der Waals surface area contributed by atoms with Crippen molar-refractivity contribution in [3.63, 3.8) is 0 Å². The Morgan fingerprint density at radius 1 is 1.04 bits per heavy atom. The van der Waals surface area contributed by atoms with Crippen molar-refractivity contribution in [3.8, 4) is 5.75 Å². The van der Waals surface area contributed by atoms with Gasteiger partial charge >= 0.3 is 0 Å². The number of hydrogen-bond donors (Lipinski definition) is 0. The molecule has 0 atom stereocenters. The van der Waals surface area contributed by atoms with E-state index in [2.05, 4.69) is 4.90 Å². The lowest BCUT2D eigenvalue weighted by atomic mass is 10.1. The Morgan fingerprint density at radius 3 is 2.32 bits per heavy atom. The minimum Gasteiger partial charge on any atom is -0.497 e. The molecule has 1 heterocycles. The third-order valence-electron chi connectivity index (χ3n) is 4.39. The lowest BCUT2D eigenvalue weighted by molar-refractivity contribution is 0.0624. The third kappa shape index (κ3) is 4.14. The van der Waals surface area contributed by atoms with Crippen LogP contribution >= 0.6 is 0 Å². The molecule has 1 amide bonds. The van der Waals surface area contributed by atoms with Crippen LogP contribution in [0.1, 0.15) is 15.9 Å². The molecule has 1 aliphatic heterocycles. The topological polar surface area (TPSA) is 32.8 Å². The standard InChI is InChI=1S/C19H20F2N2O2/c1-25-16-5-2-14(3-6-16)13-22-8-10-23(11-9-22)19(24)17-7-4-15(20)12-18(17)21/h2-7,12H,8-11,13H2,1H3. The maximum Gasteiger partial charge on any atom is 0.256 e. The van der Waals surface area contributed by atoms with E-state index in [1.807, 2.05) is 24.3 Å². The van der Waals surface area contributed by atoms with Gasteiger partial charge in [-0.15, -0.1) is 0 Å². The van der Waals surface area contributed by atoms with Gasteiger partial charge in [0, 0.05) is 38.8 Å². The first kappa shape index (κ1) is 17.4. The van der Waals surface area contributed by atoms with Crippen LogP contribution in [-0.2, 0) is 6.54 Å². The number of carbonyl (C=O) groups excluding carboxylic acids is 1. The summed E-state index contributed by atoms with van der Waals surface area (Å²) >= 11 is 0. The fourth-order valence-electron chi connectivity index (χ4n) is 2.93. The van der Waals surface area contributed by atoms with Gasteiger partial charge in [-0.3, -0.25) is 9.69 Å². The van der Waals surface area contributed by atoms with E-state index in [9.17, 15) is 13.6 Å². The number of benzene rings is 2. The van der Waals surface area contributed by atoms with Crippen LogP contribution in [-0.4, -0.2) is 49.0 Å². The minimum atomic E-state index is -0.814. The summed E-state index contributed by atoms with van der Waals surface area (Å²) in [4.78, 5) is 16.3. The number of ether oxygens (including phenoxy) is 1. The van der Waals surface area contributed by atoms with E-state index >= 15 is 0 Å². The lowest BCUT2D eigenvalue weighted by Gasteiger charge is -2.34. The molecular weight excluding hydrogens is 326 g/mol. The maximum absolute atomic E-state index is 13.8. The van der Waals surface area contributed by atoms with E-state index in [-0.39, 0.29) is 11.5 Å². The number of rotatable bonds is 4. The molecule has 0 radical (unpaired) electrons. The van der Waals surface area contributed by atoms with Crippen LogP contribution in [0.5, 0.6) is 5.75 Å². The van der Waals surface area contributed by atoms with Crippen LogP contribution in [0.4, 0.5) is 8.78 Å². The molecule has 25 heavy (non-hydrogen) atoms. The molecule has 6 heteroatoms. The SMILES string of the molecule is COc1ccc(CN2CCN(C(=O)c3ccc(F)cc3F)CC2)cc1. The Hall–Kier alpha value is -2.47. The van der Waals surface area contributed by atoms with Gasteiger partial charge in [-0.1, -0.05) is 12.1 Å². The number of halogens is 2. The highest BCUT2D eigenvalue weighted by atomic mass is 19.1. The molecular formula is C19H20F2N2O2. The minimum absolute atomic E-state index is 0.0787. The second kappa shape index (κ2) is 7.61. The first-order chi connectivity index (χ1) is 12.1. The molecule has 0 bridgehead atoms. The summed E-state index contributed by atoms with van der Waals surface area (Å²) in [7, 11) is 1.63. The number of hydrogen-bond acceptors (Lipinski definition) is 3. The van der Waals surface area contributed by atoms with E-state index in [1.54, 1.807) is 12.0 Å². The van der Waals surface area contributed by atoms with Gasteiger partial charge in [0.2, 0.25) is 0 Å². The highest BCUT2D eigenvalue weighted by Crippen LogP contribution is 2.16. The molecule has 2 aromatic carbocycles. The van der Waals surface area contributed by atoms with Crippen molar-refractivity contribution in [1.29, 1.82) is 0 Å². The normalized spacial score (nSPS) is 15.2. The maximum atomic E-state index is 13.8. The number of carbonyl (C=O) groups is 1. The van der Waals surface area contributed by atoms with Gasteiger partial charge in [0.1, 0.15) is 17.4 Å². The van der Waals surface area contributed by atoms with Crippen LogP contribution < -0.4 is 4.74 Å². The molecule has 0 N–H and O–H groups in total. The first-order valence-electron chi connectivity index (χ1n) is 8.16. The highest BCUT2D eigenvalue weighted by molar-refractivity contribution is 5.94. The molecule has 1 fully saturated rings. The molecule has 0 aromatic heterocycles. The zero-order valence-electron chi connectivity index (χ0n) is 14.0. The van der Waals surface area contributed by atoms with Crippen molar-refractivity contribution in [1.82, 2.24) is 9.80 Å². The Morgan fingerprint density at radius 2 is 1.72 bits per heavy atom. The number of amides is 1. The van der Waals surface area contributed by atoms with Crippen molar-refractivity contribution in [2.45, 2.75) is 6.54 Å². The Bertz CT molecular complexity index is 742. The van der Waals surface area contributed by atoms with Crippen LogP contribution in [0, 0.1) is 11.6 Å². The molecule has 0 unspecified atom stereocenters. The molecule has 4 nitrogen and oxygen atoms in total. The molecule has 0 aliphatic carbocycles. The predicted molar refractivity (Wildman–Crippen MR) is 90.5 cm³/mol. The van der Waals surface area contributed by atoms with Crippen LogP contribution in [0.2, 0.25) is 0 Å².